The van der Waals surface area contributed by atoms with Crippen LogP contribution in [0.2, 0.25) is 0 Å². The highest BCUT2D eigenvalue weighted by Gasteiger charge is 2.56. The van der Waals surface area contributed by atoms with Crippen molar-refractivity contribution >= 4 is 5.91 Å². The molecule has 3 aliphatic heterocycles. The van der Waals surface area contributed by atoms with Crippen molar-refractivity contribution in [2.75, 3.05) is 13.1 Å². The third-order valence-corrected chi connectivity index (χ3v) is 6.56. The van der Waals surface area contributed by atoms with Crippen LogP contribution in [-0.2, 0) is 13.0 Å². The number of nitrogens with zero attached hydrogens (tertiary/aromatic N) is 3. The Morgan fingerprint density at radius 2 is 2.27 bits per heavy atom. The zero-order chi connectivity index (χ0) is 18.5. The molecule has 2 atom stereocenters. The van der Waals surface area contributed by atoms with Gasteiger partial charge in [-0.2, -0.15) is 0 Å². The van der Waals surface area contributed by atoms with Crippen LogP contribution in [0.3, 0.4) is 0 Å². The minimum absolute atomic E-state index is 0.292. The predicted octanol–water partition coefficient (Wildman–Crippen LogP) is 1.14. The first-order chi connectivity index (χ1) is 12.4. The molecule has 1 aromatic heterocycles. The number of carbonyl (C=O) groups is 1. The van der Waals surface area contributed by atoms with E-state index in [1.807, 2.05) is 13.0 Å². The molecule has 3 fully saturated rings. The Morgan fingerprint density at radius 1 is 1.50 bits per heavy atom. The summed E-state index contributed by atoms with van der Waals surface area (Å²) in [7, 11) is 0. The van der Waals surface area contributed by atoms with Crippen molar-refractivity contribution in [3.05, 3.63) is 29.1 Å². The Hall–Kier alpha value is -1.54. The van der Waals surface area contributed by atoms with E-state index in [0.29, 0.717) is 23.1 Å². The third kappa shape index (κ3) is 2.93. The van der Waals surface area contributed by atoms with Gasteiger partial charge in [0.05, 0.1) is 5.56 Å². The highest BCUT2D eigenvalue weighted by molar-refractivity contribution is 5.93. The van der Waals surface area contributed by atoms with Crippen molar-refractivity contribution in [2.24, 2.45) is 5.41 Å². The Bertz CT molecular complexity index is 702. The van der Waals surface area contributed by atoms with Crippen molar-refractivity contribution < 1.29 is 15.1 Å². The van der Waals surface area contributed by atoms with Gasteiger partial charge in [-0.1, -0.05) is 6.92 Å². The van der Waals surface area contributed by atoms with Gasteiger partial charge in [0.25, 0.3) is 5.91 Å². The quantitative estimate of drug-likeness (QED) is 0.539. The minimum Gasteiger partial charge on any atom is -0.379 e. The maximum Gasteiger partial charge on any atom is 0.276 e. The van der Waals surface area contributed by atoms with Gasteiger partial charge in [0.1, 0.15) is 6.23 Å². The average Bonchev–Trinajstić information content (AvgIpc) is 3.15. The lowest BCUT2D eigenvalue weighted by atomic mass is 9.69. The van der Waals surface area contributed by atoms with Gasteiger partial charge in [-0.15, -0.1) is 0 Å². The molecule has 26 heavy (non-hydrogen) atoms. The molecule has 0 spiro atoms. The second kappa shape index (κ2) is 6.56. The molecule has 4 heterocycles. The predicted molar refractivity (Wildman–Crippen MR) is 95.5 cm³/mol. The van der Waals surface area contributed by atoms with Crippen LogP contribution in [0, 0.1) is 5.41 Å². The Kier molecular flexibility index (Phi) is 4.51. The van der Waals surface area contributed by atoms with E-state index in [1.54, 1.807) is 11.7 Å². The Labute approximate surface area is 154 Å². The van der Waals surface area contributed by atoms with E-state index in [-0.39, 0.29) is 6.23 Å². The molecule has 0 radical (unpaired) electrons. The molecule has 0 aromatic carbocycles. The molecule has 3 N–H and O–H groups in total. The van der Waals surface area contributed by atoms with Gasteiger partial charge in [0.2, 0.25) is 0 Å². The molecule has 1 aliphatic carbocycles. The smallest absolute Gasteiger partial charge is 0.276 e. The van der Waals surface area contributed by atoms with Gasteiger partial charge in [0.15, 0.2) is 0 Å². The summed E-state index contributed by atoms with van der Waals surface area (Å²) in [6, 6.07) is 2.85. The van der Waals surface area contributed by atoms with Crippen LogP contribution in [0.25, 0.3) is 0 Å². The van der Waals surface area contributed by atoms with Gasteiger partial charge >= 0.3 is 0 Å². The van der Waals surface area contributed by atoms with Crippen LogP contribution in [0.5, 0.6) is 0 Å². The first-order valence-corrected chi connectivity index (χ1v) is 9.55. The molecule has 2 bridgehead atoms. The number of aromatic nitrogens is 1. The normalized spacial score (nSPS) is 32.0. The molecule has 142 valence electrons. The molecular weight excluding hydrogens is 332 g/mol. The summed E-state index contributed by atoms with van der Waals surface area (Å²) in [4.78, 5) is 20.9. The summed E-state index contributed by atoms with van der Waals surface area (Å²) in [5.74, 6) is -0.520. The van der Waals surface area contributed by atoms with E-state index in [9.17, 15) is 9.90 Å². The van der Waals surface area contributed by atoms with Crippen molar-refractivity contribution in [3.63, 3.8) is 0 Å². The summed E-state index contributed by atoms with van der Waals surface area (Å²) < 4.78 is 0. The number of aliphatic hydroxyl groups is 1. The van der Waals surface area contributed by atoms with E-state index in [4.69, 9.17) is 5.21 Å². The first kappa shape index (κ1) is 17.9. The number of fused-ring (bicyclic) bond motifs is 2. The zero-order valence-corrected chi connectivity index (χ0v) is 15.5. The summed E-state index contributed by atoms with van der Waals surface area (Å²) >= 11 is 0. The number of carbonyl (C=O) groups excluding carboxylic acids is 1. The molecule has 7 heteroatoms. The summed E-state index contributed by atoms with van der Waals surface area (Å²) in [6.07, 6.45) is 5.48. The zero-order valence-electron chi connectivity index (χ0n) is 15.5. The monoisotopic (exact) mass is 360 g/mol. The average molecular weight is 360 g/mol. The highest BCUT2D eigenvalue weighted by Crippen LogP contribution is 2.53. The van der Waals surface area contributed by atoms with E-state index in [2.05, 4.69) is 21.7 Å². The SMILES string of the molecule is CC[C@@H]1Cc2ncc(C(=O)NO)cc2CN1CC12CC(C1)N(C(C)O)C2. The molecule has 4 aliphatic rings. The van der Waals surface area contributed by atoms with E-state index in [0.717, 1.165) is 43.7 Å². The van der Waals surface area contributed by atoms with Crippen LogP contribution in [-0.4, -0.2) is 62.4 Å². The number of aliphatic hydroxyl groups excluding tert-OH is 1. The standard InChI is InChI=1S/C19H28N4O3/c1-3-15-5-17-14(4-13(8-20-17)18(25)21-26)9-22(15)10-19-6-16(7-19)23(11-19)12(2)24/h4,8,12,15-16,24,26H,3,5-7,9-11H2,1-2H3,(H,21,25)/t12?,15-,16?,19?/m1/s1. The summed E-state index contributed by atoms with van der Waals surface area (Å²) in [6.45, 7) is 6.87. The second-order valence-corrected chi connectivity index (χ2v) is 8.31. The van der Waals surface area contributed by atoms with Gasteiger partial charge in [-0.25, -0.2) is 5.48 Å². The number of hydroxylamine groups is 1. The molecule has 5 rings (SSSR count). The summed E-state index contributed by atoms with van der Waals surface area (Å²) in [5.41, 5.74) is 4.50. The molecule has 1 unspecified atom stereocenters. The summed E-state index contributed by atoms with van der Waals surface area (Å²) in [5, 5.41) is 18.8. The van der Waals surface area contributed by atoms with E-state index < -0.39 is 5.91 Å². The molecule has 2 saturated heterocycles. The van der Waals surface area contributed by atoms with Crippen molar-refractivity contribution in [1.82, 2.24) is 20.3 Å². The van der Waals surface area contributed by atoms with Crippen molar-refractivity contribution in [3.8, 4) is 0 Å². The Morgan fingerprint density at radius 3 is 2.88 bits per heavy atom. The number of nitrogens with one attached hydrogen (secondary N) is 1. The topological polar surface area (TPSA) is 88.9 Å². The number of pyridine rings is 1. The fraction of sp³-hybridized carbons (Fsp3) is 0.684. The molecule has 1 amide bonds. The van der Waals surface area contributed by atoms with Crippen LogP contribution in [0.4, 0.5) is 0 Å². The van der Waals surface area contributed by atoms with Gasteiger partial charge in [-0.3, -0.25) is 24.8 Å². The van der Waals surface area contributed by atoms with Gasteiger partial charge in [-0.05, 0) is 43.2 Å². The maximum absolute atomic E-state index is 11.7. The van der Waals surface area contributed by atoms with Crippen molar-refractivity contribution in [2.45, 2.75) is 64.4 Å². The van der Waals surface area contributed by atoms with E-state index >= 15 is 0 Å². The third-order valence-electron chi connectivity index (χ3n) is 6.56. The van der Waals surface area contributed by atoms with E-state index in [1.165, 1.54) is 12.8 Å². The van der Waals surface area contributed by atoms with Crippen LogP contribution < -0.4 is 5.48 Å². The van der Waals surface area contributed by atoms with Gasteiger partial charge < -0.3 is 5.11 Å². The fourth-order valence-corrected chi connectivity index (χ4v) is 5.20. The van der Waals surface area contributed by atoms with Gasteiger partial charge in [0, 0.05) is 50.0 Å². The van der Waals surface area contributed by atoms with Crippen molar-refractivity contribution in [1.29, 1.82) is 0 Å². The molecular formula is C19H28N4O3. The van der Waals surface area contributed by atoms with Crippen LogP contribution in [0.15, 0.2) is 12.3 Å². The number of rotatable bonds is 5. The second-order valence-electron chi connectivity index (χ2n) is 8.31. The molecule has 1 saturated carbocycles. The van der Waals surface area contributed by atoms with Crippen LogP contribution in [0.1, 0.15) is 54.7 Å². The number of hydrogen-bond acceptors (Lipinski definition) is 6. The Balaban J connectivity index is 1.52. The first-order valence-electron chi connectivity index (χ1n) is 9.55. The minimum atomic E-state index is -0.520. The fourth-order valence-electron chi connectivity index (χ4n) is 5.20. The molecule has 7 nitrogen and oxygen atoms in total. The lowest BCUT2D eigenvalue weighted by molar-refractivity contribution is 0.0147. The largest absolute Gasteiger partial charge is 0.379 e. The molecule has 1 aromatic rings. The lowest BCUT2D eigenvalue weighted by Crippen LogP contribution is -2.49. The number of hydrogen-bond donors (Lipinski definition) is 3. The number of amides is 1. The maximum atomic E-state index is 11.7. The highest BCUT2D eigenvalue weighted by atomic mass is 16.5. The lowest BCUT2D eigenvalue weighted by Gasteiger charge is -2.45. The van der Waals surface area contributed by atoms with Crippen LogP contribution >= 0.6 is 0 Å².